The molecule has 0 heterocycles. The van der Waals surface area contributed by atoms with Crippen molar-refractivity contribution in [1.29, 1.82) is 10.9 Å². The Morgan fingerprint density at radius 1 is 1.26 bits per heavy atom. The molecule has 0 fully saturated rings. The van der Waals surface area contributed by atoms with Crippen LogP contribution in [0.5, 0.6) is 0 Å². The molecule has 5 N–H and O–H groups in total. The third-order valence-corrected chi connectivity index (χ3v) is 3.70. The molecule has 10 nitrogen and oxygen atoms in total. The minimum Gasteiger partial charge on any atom is -0.394 e. The quantitative estimate of drug-likeness (QED) is 0.151. The van der Waals surface area contributed by atoms with Crippen molar-refractivity contribution in [1.82, 2.24) is 5.32 Å². The Labute approximate surface area is 154 Å². The second-order valence-corrected chi connectivity index (χ2v) is 5.54. The molecule has 1 unspecified atom stereocenters. The zero-order valence-corrected chi connectivity index (χ0v) is 14.3. The van der Waals surface area contributed by atoms with E-state index in [1.807, 2.05) is 24.3 Å². The normalized spacial score (nSPS) is 11.0. The maximum absolute atomic E-state index is 12.4. The van der Waals surface area contributed by atoms with Crippen LogP contribution < -0.4 is 10.7 Å². The van der Waals surface area contributed by atoms with Gasteiger partial charge < -0.3 is 15.8 Å². The van der Waals surface area contributed by atoms with E-state index in [2.05, 4.69) is 26.0 Å². The second kappa shape index (κ2) is 9.66. The number of hydrogen-bond acceptors (Lipinski definition) is 6. The van der Waals surface area contributed by atoms with Crippen molar-refractivity contribution in [2.24, 2.45) is 10.3 Å². The third kappa shape index (κ3) is 5.36. The third-order valence-electron chi connectivity index (χ3n) is 3.70. The molecule has 2 rings (SSSR count). The van der Waals surface area contributed by atoms with Gasteiger partial charge in [0.2, 0.25) is 0 Å². The molecular formula is C17H18N8O2. The minimum atomic E-state index is -0.779. The summed E-state index contributed by atoms with van der Waals surface area (Å²) in [5.41, 5.74) is 21.0. The molecule has 0 aromatic heterocycles. The first kappa shape index (κ1) is 19.6. The molecule has 10 heteroatoms. The number of carbonyl (C=O) groups excluding carboxylic acids is 1. The number of amides is 1. The minimum absolute atomic E-state index is 0.246. The Hall–Kier alpha value is -3.75. The first-order valence-electron chi connectivity index (χ1n) is 7.91. The molecule has 0 aliphatic heterocycles. The van der Waals surface area contributed by atoms with Gasteiger partial charge in [-0.15, -0.1) is 0 Å². The van der Waals surface area contributed by atoms with Gasteiger partial charge in [-0.2, -0.15) is 5.53 Å². The first-order valence-corrected chi connectivity index (χ1v) is 7.91. The van der Waals surface area contributed by atoms with E-state index < -0.39 is 11.9 Å². The van der Waals surface area contributed by atoms with E-state index in [0.717, 1.165) is 17.3 Å². The van der Waals surface area contributed by atoms with Gasteiger partial charge in [-0.3, -0.25) is 10.2 Å². The lowest BCUT2D eigenvalue weighted by Crippen LogP contribution is -2.38. The molecule has 27 heavy (non-hydrogen) atoms. The summed E-state index contributed by atoms with van der Waals surface area (Å²) in [5, 5.41) is 25.5. The van der Waals surface area contributed by atoms with Crippen LogP contribution >= 0.6 is 0 Å². The van der Waals surface area contributed by atoms with Gasteiger partial charge in [0.1, 0.15) is 0 Å². The molecule has 0 aliphatic carbocycles. The summed E-state index contributed by atoms with van der Waals surface area (Å²) in [6.07, 6.45) is 0.947. The predicted molar refractivity (Wildman–Crippen MR) is 101 cm³/mol. The monoisotopic (exact) mass is 366 g/mol. The average molecular weight is 366 g/mol. The Kier molecular flexibility index (Phi) is 7.00. The first-order chi connectivity index (χ1) is 13.1. The SMILES string of the molecule is [N-]=[N+]=NCc1ccc(-c2cc(NN=N)cc(C(=O)NC(C=N)CO)c2)cc1. The molecule has 1 amide bonds. The topological polar surface area (TPSA) is 170 Å². The lowest BCUT2D eigenvalue weighted by molar-refractivity contribution is 0.0934. The molecule has 2 aromatic carbocycles. The molecule has 0 saturated carbocycles. The summed E-state index contributed by atoms with van der Waals surface area (Å²) in [6.45, 7) is -0.134. The summed E-state index contributed by atoms with van der Waals surface area (Å²) >= 11 is 0. The Morgan fingerprint density at radius 3 is 2.59 bits per heavy atom. The van der Waals surface area contributed by atoms with Gasteiger partial charge in [-0.1, -0.05) is 34.6 Å². The largest absolute Gasteiger partial charge is 0.394 e. The van der Waals surface area contributed by atoms with Crippen molar-refractivity contribution >= 4 is 17.8 Å². The van der Waals surface area contributed by atoms with E-state index in [9.17, 15) is 4.79 Å². The fourth-order valence-corrected chi connectivity index (χ4v) is 2.36. The number of nitrogens with one attached hydrogen (secondary N) is 4. The van der Waals surface area contributed by atoms with E-state index in [1.54, 1.807) is 12.1 Å². The second-order valence-electron chi connectivity index (χ2n) is 5.54. The summed E-state index contributed by atoms with van der Waals surface area (Å²) in [6, 6.07) is 11.4. The standard InChI is InChI=1S/C17H18N8O2/c18-8-16(10-26)22-17(27)14-5-13(6-15(7-14)23-25-20)12-3-1-11(2-4-12)9-21-24-19/h1-8,16,18,26H,9-10H2,(H2,20,23)(H,22,27). The number of aliphatic hydroxyl groups excluding tert-OH is 1. The number of rotatable bonds is 9. The van der Waals surface area contributed by atoms with Crippen LogP contribution in [0, 0.1) is 10.9 Å². The van der Waals surface area contributed by atoms with Crippen molar-refractivity contribution in [3.8, 4) is 11.1 Å². The van der Waals surface area contributed by atoms with Crippen molar-refractivity contribution in [2.45, 2.75) is 12.6 Å². The van der Waals surface area contributed by atoms with Crippen molar-refractivity contribution < 1.29 is 9.90 Å². The van der Waals surface area contributed by atoms with Gasteiger partial charge in [0, 0.05) is 16.7 Å². The summed E-state index contributed by atoms with van der Waals surface area (Å²) < 4.78 is 0. The van der Waals surface area contributed by atoms with Gasteiger partial charge in [0.15, 0.2) is 0 Å². The van der Waals surface area contributed by atoms with Crippen LogP contribution in [0.15, 0.2) is 52.8 Å². The zero-order chi connectivity index (χ0) is 19.6. The fraction of sp³-hybridized carbons (Fsp3) is 0.176. The fourth-order valence-electron chi connectivity index (χ4n) is 2.36. The van der Waals surface area contributed by atoms with E-state index >= 15 is 0 Å². The number of aliphatic hydroxyl groups is 1. The number of azide groups is 1. The number of nitrogens with zero attached hydrogens (tertiary/aromatic N) is 4. The molecule has 0 aliphatic rings. The summed E-state index contributed by atoms with van der Waals surface area (Å²) in [7, 11) is 0. The lowest BCUT2D eigenvalue weighted by atomic mass is 10.0. The van der Waals surface area contributed by atoms with Crippen LogP contribution in [0.4, 0.5) is 5.69 Å². The van der Waals surface area contributed by atoms with Crippen LogP contribution in [-0.2, 0) is 6.54 Å². The highest BCUT2D eigenvalue weighted by Gasteiger charge is 2.13. The zero-order valence-electron chi connectivity index (χ0n) is 14.3. The summed E-state index contributed by atoms with van der Waals surface area (Å²) in [5.74, 6) is -0.465. The highest BCUT2D eigenvalue weighted by Crippen LogP contribution is 2.26. The van der Waals surface area contributed by atoms with Gasteiger partial charge >= 0.3 is 0 Å². The molecule has 0 radical (unpaired) electrons. The van der Waals surface area contributed by atoms with Crippen LogP contribution in [0.2, 0.25) is 0 Å². The number of benzene rings is 2. The smallest absolute Gasteiger partial charge is 0.251 e. The molecule has 0 spiro atoms. The van der Waals surface area contributed by atoms with Crippen molar-refractivity contribution in [2.75, 3.05) is 12.0 Å². The van der Waals surface area contributed by atoms with E-state index in [4.69, 9.17) is 21.6 Å². The van der Waals surface area contributed by atoms with Crippen molar-refractivity contribution in [3.63, 3.8) is 0 Å². The number of hydrogen-bond donors (Lipinski definition) is 5. The maximum atomic E-state index is 12.4. The van der Waals surface area contributed by atoms with E-state index in [0.29, 0.717) is 11.3 Å². The molecular weight excluding hydrogens is 348 g/mol. The van der Waals surface area contributed by atoms with Gasteiger partial charge in [0.05, 0.1) is 24.9 Å². The predicted octanol–water partition coefficient (Wildman–Crippen LogP) is 3.26. The number of anilines is 1. The van der Waals surface area contributed by atoms with Gasteiger partial charge in [-0.25, -0.2) is 0 Å². The lowest BCUT2D eigenvalue weighted by Gasteiger charge is -2.13. The molecule has 2 aromatic rings. The highest BCUT2D eigenvalue weighted by molar-refractivity contribution is 5.98. The Bertz CT molecular complexity index is 875. The van der Waals surface area contributed by atoms with E-state index in [-0.39, 0.29) is 18.7 Å². The number of carbonyl (C=O) groups is 1. The maximum Gasteiger partial charge on any atom is 0.251 e. The van der Waals surface area contributed by atoms with Crippen LogP contribution in [0.3, 0.4) is 0 Å². The van der Waals surface area contributed by atoms with E-state index in [1.165, 1.54) is 6.07 Å². The van der Waals surface area contributed by atoms with Gasteiger partial charge in [0.25, 0.3) is 5.91 Å². The Morgan fingerprint density at radius 2 is 2.00 bits per heavy atom. The van der Waals surface area contributed by atoms with Crippen LogP contribution in [0.1, 0.15) is 15.9 Å². The average Bonchev–Trinajstić information content (AvgIpc) is 2.70. The van der Waals surface area contributed by atoms with Crippen LogP contribution in [-0.4, -0.2) is 29.9 Å². The molecule has 138 valence electrons. The molecule has 0 saturated heterocycles. The summed E-state index contributed by atoms with van der Waals surface area (Å²) in [4.78, 5) is 15.1. The highest BCUT2D eigenvalue weighted by atomic mass is 16.3. The van der Waals surface area contributed by atoms with Gasteiger partial charge in [-0.05, 0) is 40.4 Å². The molecule has 1 atom stereocenters. The molecule has 0 bridgehead atoms. The van der Waals surface area contributed by atoms with Crippen molar-refractivity contribution in [3.05, 3.63) is 64.0 Å². The Balaban J connectivity index is 2.36. The van der Waals surface area contributed by atoms with Crippen LogP contribution in [0.25, 0.3) is 21.6 Å².